The minimum atomic E-state index is -5.11. The SMILES string of the molecule is CCCCCCCCCCCCCC/C=C\CCCCCCCCC(O)C(=O)NC(COC1OC(CO)C(O)C(OS(=O)(=O)O)C1O)C(O)CCCCCCCCCCCCCCCCCCCCC. The Labute approximate surface area is 428 Å². The number of hydrogen-bond acceptors (Lipinski definition) is 11. The summed E-state index contributed by atoms with van der Waals surface area (Å²) in [5.41, 5.74) is 0. The summed E-state index contributed by atoms with van der Waals surface area (Å²) < 4.78 is 47.8. The van der Waals surface area contributed by atoms with Crippen LogP contribution in [0.2, 0.25) is 0 Å². The van der Waals surface area contributed by atoms with Crippen molar-refractivity contribution in [2.75, 3.05) is 13.2 Å². The van der Waals surface area contributed by atoms with E-state index in [1.807, 2.05) is 0 Å². The molecule has 0 aromatic heterocycles. The predicted octanol–water partition coefficient (Wildman–Crippen LogP) is 12.4. The smallest absolute Gasteiger partial charge is 0.394 e. The lowest BCUT2D eigenvalue weighted by atomic mass is 9.99. The molecule has 0 aliphatic carbocycles. The van der Waals surface area contributed by atoms with Crippen LogP contribution in [0.25, 0.3) is 0 Å². The molecule has 1 heterocycles. The number of aliphatic hydroxyl groups is 5. The highest BCUT2D eigenvalue weighted by atomic mass is 32.3. The third-order valence-corrected chi connectivity index (χ3v) is 14.6. The molecule has 7 N–H and O–H groups in total. The van der Waals surface area contributed by atoms with E-state index < -0.39 is 78.5 Å². The molecule has 13 nitrogen and oxygen atoms in total. The minimum Gasteiger partial charge on any atom is -0.394 e. The maximum Gasteiger partial charge on any atom is 0.397 e. The highest BCUT2D eigenvalue weighted by molar-refractivity contribution is 7.80. The Balaban J connectivity index is 2.41. The summed E-state index contributed by atoms with van der Waals surface area (Å²) in [6, 6.07) is -1.03. The molecule has 14 heteroatoms. The molecule has 8 unspecified atom stereocenters. The molecule has 8 atom stereocenters. The number of amides is 1. The summed E-state index contributed by atoms with van der Waals surface area (Å²) in [5, 5.41) is 55.7. The fourth-order valence-electron chi connectivity index (χ4n) is 9.58. The van der Waals surface area contributed by atoms with Crippen LogP contribution in [0.1, 0.15) is 277 Å². The normalized spacial score (nSPS) is 20.0. The Bertz CT molecular complexity index is 1310. The molecular formula is C56H109NO12S. The molecule has 0 spiro atoms. The van der Waals surface area contributed by atoms with Crippen LogP contribution in [0.4, 0.5) is 0 Å². The average Bonchev–Trinajstić information content (AvgIpc) is 3.33. The molecule has 0 aromatic carbocycles. The van der Waals surface area contributed by atoms with Crippen molar-refractivity contribution in [3.05, 3.63) is 12.2 Å². The number of allylic oxidation sites excluding steroid dienone is 2. The predicted molar refractivity (Wildman–Crippen MR) is 284 cm³/mol. The molecule has 70 heavy (non-hydrogen) atoms. The van der Waals surface area contributed by atoms with Crippen molar-refractivity contribution in [2.24, 2.45) is 0 Å². The van der Waals surface area contributed by atoms with Crippen LogP contribution < -0.4 is 5.32 Å². The van der Waals surface area contributed by atoms with Crippen molar-refractivity contribution in [2.45, 2.75) is 326 Å². The van der Waals surface area contributed by atoms with Crippen LogP contribution in [-0.4, -0.2) is 107 Å². The van der Waals surface area contributed by atoms with E-state index in [0.29, 0.717) is 19.3 Å². The molecule has 1 aliphatic rings. The third kappa shape index (κ3) is 37.5. The van der Waals surface area contributed by atoms with Gasteiger partial charge in [-0.3, -0.25) is 9.35 Å². The Morgan fingerprint density at radius 3 is 1.29 bits per heavy atom. The number of ether oxygens (including phenoxy) is 2. The maximum atomic E-state index is 13.2. The molecule has 1 aliphatic heterocycles. The Kier molecular flexibility index (Phi) is 44.2. The number of unbranched alkanes of at least 4 members (excludes halogenated alkanes) is 36. The van der Waals surface area contributed by atoms with E-state index in [1.165, 1.54) is 180 Å². The van der Waals surface area contributed by atoms with Gasteiger partial charge in [0.1, 0.15) is 30.5 Å². The van der Waals surface area contributed by atoms with E-state index in [0.717, 1.165) is 57.8 Å². The number of carbonyl (C=O) groups excluding carboxylic acids is 1. The van der Waals surface area contributed by atoms with Gasteiger partial charge in [0, 0.05) is 0 Å². The van der Waals surface area contributed by atoms with Crippen molar-refractivity contribution in [1.29, 1.82) is 0 Å². The first kappa shape index (κ1) is 66.8. The Hall–Kier alpha value is -1.20. The second-order valence-electron chi connectivity index (χ2n) is 20.7. The molecule has 0 saturated carbocycles. The van der Waals surface area contributed by atoms with Gasteiger partial charge in [0.2, 0.25) is 5.91 Å². The van der Waals surface area contributed by atoms with Gasteiger partial charge in [-0.1, -0.05) is 251 Å². The number of nitrogens with one attached hydrogen (secondary N) is 1. The zero-order chi connectivity index (χ0) is 51.3. The van der Waals surface area contributed by atoms with E-state index in [1.54, 1.807) is 0 Å². The lowest BCUT2D eigenvalue weighted by molar-refractivity contribution is -0.298. The van der Waals surface area contributed by atoms with Gasteiger partial charge in [0.05, 0.1) is 25.4 Å². The standard InChI is InChI=1S/C56H109NO12S/c1-3-5-7-9-11-13-15-17-19-21-23-24-25-27-29-31-33-35-37-39-41-43-45-50(60)55(63)57-48(47-67-56-53(62)54(69-70(64,65)66)52(61)51(46-58)68-56)49(59)44-42-40-38-36-34-32-30-28-26-22-20-18-16-14-12-10-8-6-4-2/h27,29,48-54,56,58-62H,3-26,28,30-47H2,1-2H3,(H,57,63)(H,64,65,66)/b29-27-. The van der Waals surface area contributed by atoms with Gasteiger partial charge in [-0.2, -0.15) is 8.42 Å². The first-order valence-corrected chi connectivity index (χ1v) is 30.5. The summed E-state index contributed by atoms with van der Waals surface area (Å²) in [6.07, 6.45) is 42.5. The van der Waals surface area contributed by atoms with E-state index in [9.17, 15) is 43.3 Å². The fraction of sp³-hybridized carbons (Fsp3) is 0.946. The van der Waals surface area contributed by atoms with Crippen molar-refractivity contribution < 1.29 is 57.0 Å². The average molecular weight is 1020 g/mol. The Morgan fingerprint density at radius 1 is 0.557 bits per heavy atom. The number of carbonyl (C=O) groups is 1. The largest absolute Gasteiger partial charge is 0.397 e. The van der Waals surface area contributed by atoms with Crippen molar-refractivity contribution in [3.63, 3.8) is 0 Å². The molecule has 416 valence electrons. The maximum absolute atomic E-state index is 13.2. The van der Waals surface area contributed by atoms with Gasteiger partial charge >= 0.3 is 10.4 Å². The van der Waals surface area contributed by atoms with E-state index >= 15 is 0 Å². The van der Waals surface area contributed by atoms with Gasteiger partial charge in [0.25, 0.3) is 0 Å². The van der Waals surface area contributed by atoms with Gasteiger partial charge in [-0.25, -0.2) is 4.18 Å². The second-order valence-corrected chi connectivity index (χ2v) is 21.8. The van der Waals surface area contributed by atoms with Gasteiger partial charge < -0.3 is 40.3 Å². The van der Waals surface area contributed by atoms with Gasteiger partial charge in [-0.15, -0.1) is 0 Å². The van der Waals surface area contributed by atoms with Crippen molar-refractivity contribution >= 4 is 16.3 Å². The lowest BCUT2D eigenvalue weighted by Crippen LogP contribution is -2.61. The summed E-state index contributed by atoms with van der Waals surface area (Å²) in [6.45, 7) is 3.33. The quantitative estimate of drug-likeness (QED) is 0.0172. The first-order chi connectivity index (χ1) is 33.9. The molecule has 1 fully saturated rings. The molecule has 1 saturated heterocycles. The lowest BCUT2D eigenvalue weighted by Gasteiger charge is -2.41. The van der Waals surface area contributed by atoms with Crippen LogP contribution >= 0.6 is 0 Å². The summed E-state index contributed by atoms with van der Waals surface area (Å²) in [4.78, 5) is 13.2. The molecule has 0 aromatic rings. The van der Waals surface area contributed by atoms with Crippen molar-refractivity contribution in [3.8, 4) is 0 Å². The Morgan fingerprint density at radius 2 is 0.914 bits per heavy atom. The van der Waals surface area contributed by atoms with Crippen LogP contribution in [0, 0.1) is 0 Å². The van der Waals surface area contributed by atoms with Crippen LogP contribution in [0.5, 0.6) is 0 Å². The molecule has 0 bridgehead atoms. The zero-order valence-corrected chi connectivity index (χ0v) is 45.5. The third-order valence-electron chi connectivity index (χ3n) is 14.2. The number of rotatable bonds is 51. The minimum absolute atomic E-state index is 0.256. The molecule has 0 radical (unpaired) electrons. The monoisotopic (exact) mass is 1020 g/mol. The summed E-state index contributed by atoms with van der Waals surface area (Å²) in [5.74, 6) is -0.669. The van der Waals surface area contributed by atoms with E-state index in [2.05, 4.69) is 35.5 Å². The molecular weight excluding hydrogens is 911 g/mol. The fourth-order valence-corrected chi connectivity index (χ4v) is 10.1. The summed E-state index contributed by atoms with van der Waals surface area (Å²) >= 11 is 0. The summed E-state index contributed by atoms with van der Waals surface area (Å²) in [7, 11) is -5.11. The van der Waals surface area contributed by atoms with Crippen LogP contribution in [-0.2, 0) is 28.9 Å². The van der Waals surface area contributed by atoms with Crippen molar-refractivity contribution in [1.82, 2.24) is 5.32 Å². The van der Waals surface area contributed by atoms with Crippen LogP contribution in [0.15, 0.2) is 12.2 Å². The van der Waals surface area contributed by atoms with Gasteiger partial charge in [-0.05, 0) is 38.5 Å². The highest BCUT2D eigenvalue weighted by Crippen LogP contribution is 2.26. The zero-order valence-electron chi connectivity index (χ0n) is 44.7. The second kappa shape index (κ2) is 46.3. The van der Waals surface area contributed by atoms with E-state index in [4.69, 9.17) is 9.47 Å². The highest BCUT2D eigenvalue weighted by Gasteiger charge is 2.48. The van der Waals surface area contributed by atoms with Crippen LogP contribution in [0.3, 0.4) is 0 Å². The van der Waals surface area contributed by atoms with E-state index in [-0.39, 0.29) is 6.42 Å². The molecule has 1 amide bonds. The number of aliphatic hydroxyl groups excluding tert-OH is 5. The topological polar surface area (TPSA) is 212 Å². The molecule has 1 rings (SSSR count). The van der Waals surface area contributed by atoms with Gasteiger partial charge in [0.15, 0.2) is 6.29 Å². The first-order valence-electron chi connectivity index (χ1n) is 29.2. The number of hydrogen-bond donors (Lipinski definition) is 7.